The van der Waals surface area contributed by atoms with Crippen molar-refractivity contribution in [1.29, 1.82) is 5.26 Å². The van der Waals surface area contributed by atoms with Crippen molar-refractivity contribution in [2.24, 2.45) is 11.7 Å². The van der Waals surface area contributed by atoms with Crippen LogP contribution in [0, 0.1) is 17.2 Å². The normalized spacial score (nSPS) is 22.1. The van der Waals surface area contributed by atoms with Crippen molar-refractivity contribution in [2.75, 3.05) is 13.1 Å². The molecule has 5 nitrogen and oxygen atoms in total. The van der Waals surface area contributed by atoms with Crippen LogP contribution in [0.15, 0.2) is 29.2 Å². The van der Waals surface area contributed by atoms with Gasteiger partial charge in [-0.1, -0.05) is 12.1 Å². The van der Waals surface area contributed by atoms with Crippen molar-refractivity contribution < 1.29 is 8.42 Å². The molecule has 0 saturated carbocycles. The molecule has 1 aliphatic heterocycles. The summed E-state index contributed by atoms with van der Waals surface area (Å²) in [6.45, 7) is 2.79. The highest BCUT2D eigenvalue weighted by atomic mass is 32.2. The number of hydrogen-bond donors (Lipinski definition) is 1. The maximum atomic E-state index is 12.5. The minimum atomic E-state index is -3.59. The highest BCUT2D eigenvalue weighted by Crippen LogP contribution is 2.27. The molecule has 2 unspecified atom stereocenters. The third-order valence-corrected chi connectivity index (χ3v) is 5.48. The molecule has 2 atom stereocenters. The van der Waals surface area contributed by atoms with Crippen LogP contribution in [0.3, 0.4) is 0 Å². The minimum Gasteiger partial charge on any atom is -0.328 e. The van der Waals surface area contributed by atoms with Crippen molar-refractivity contribution in [3.8, 4) is 6.07 Å². The number of sulfonamides is 1. The Morgan fingerprint density at radius 3 is 2.74 bits per heavy atom. The van der Waals surface area contributed by atoms with Gasteiger partial charge in [-0.25, -0.2) is 8.42 Å². The van der Waals surface area contributed by atoms with E-state index >= 15 is 0 Å². The van der Waals surface area contributed by atoms with Crippen molar-refractivity contribution in [3.63, 3.8) is 0 Å². The van der Waals surface area contributed by atoms with Crippen molar-refractivity contribution in [3.05, 3.63) is 29.8 Å². The summed E-state index contributed by atoms with van der Waals surface area (Å²) >= 11 is 0. The lowest BCUT2D eigenvalue weighted by Gasteiger charge is -2.18. The largest absolute Gasteiger partial charge is 0.328 e. The molecule has 1 saturated heterocycles. The molecule has 2 rings (SSSR count). The van der Waals surface area contributed by atoms with Gasteiger partial charge in [0.15, 0.2) is 0 Å². The van der Waals surface area contributed by atoms with Crippen molar-refractivity contribution in [1.82, 2.24) is 4.31 Å². The van der Waals surface area contributed by atoms with Crippen LogP contribution in [-0.4, -0.2) is 31.9 Å². The molecule has 0 aliphatic carbocycles. The zero-order valence-electron chi connectivity index (χ0n) is 10.8. The summed E-state index contributed by atoms with van der Waals surface area (Å²) in [5.74, 6) is 0.184. The molecule has 0 bridgehead atoms. The Morgan fingerprint density at radius 2 is 2.16 bits per heavy atom. The second-order valence-corrected chi connectivity index (χ2v) is 6.79. The van der Waals surface area contributed by atoms with Crippen LogP contribution in [0.1, 0.15) is 18.9 Å². The molecule has 1 aromatic rings. The molecule has 1 fully saturated rings. The summed E-state index contributed by atoms with van der Waals surface area (Å²) in [5.41, 5.74) is 6.01. The Morgan fingerprint density at radius 1 is 1.47 bits per heavy atom. The molecule has 1 aromatic carbocycles. The summed E-state index contributed by atoms with van der Waals surface area (Å²) in [6.07, 6.45) is 0.769. The summed E-state index contributed by atoms with van der Waals surface area (Å²) < 4.78 is 26.5. The first-order valence-corrected chi connectivity index (χ1v) is 7.65. The molecule has 0 amide bonds. The standard InChI is InChI=1S/C13H17N3O2S/c1-10(15)12-6-7-16(9-12)19(17,18)13-5-3-2-4-11(13)8-14/h2-5,10,12H,6-7,9,15H2,1H3. The van der Waals surface area contributed by atoms with E-state index in [1.165, 1.54) is 16.4 Å². The second kappa shape index (κ2) is 5.29. The fourth-order valence-electron chi connectivity index (χ4n) is 2.32. The van der Waals surface area contributed by atoms with E-state index in [0.717, 1.165) is 6.42 Å². The topological polar surface area (TPSA) is 87.2 Å². The molecule has 1 aliphatic rings. The average molecular weight is 279 g/mol. The Balaban J connectivity index is 2.32. The lowest BCUT2D eigenvalue weighted by atomic mass is 10.0. The van der Waals surface area contributed by atoms with Crippen LogP contribution >= 0.6 is 0 Å². The summed E-state index contributed by atoms with van der Waals surface area (Å²) in [5, 5.41) is 9.01. The third-order valence-electron chi connectivity index (χ3n) is 3.56. The zero-order chi connectivity index (χ0) is 14.0. The van der Waals surface area contributed by atoms with Gasteiger partial charge in [0.1, 0.15) is 6.07 Å². The van der Waals surface area contributed by atoms with E-state index in [4.69, 9.17) is 11.0 Å². The average Bonchev–Trinajstić information content (AvgIpc) is 2.89. The summed E-state index contributed by atoms with van der Waals surface area (Å²) in [4.78, 5) is 0.0859. The molecule has 19 heavy (non-hydrogen) atoms. The van der Waals surface area contributed by atoms with E-state index in [2.05, 4.69) is 0 Å². The van der Waals surface area contributed by atoms with Crippen LogP contribution in [0.4, 0.5) is 0 Å². The molecule has 1 heterocycles. The van der Waals surface area contributed by atoms with Gasteiger partial charge < -0.3 is 5.73 Å². The molecule has 102 valence electrons. The van der Waals surface area contributed by atoms with Gasteiger partial charge in [-0.3, -0.25) is 0 Å². The Kier molecular flexibility index (Phi) is 3.90. The lowest BCUT2D eigenvalue weighted by molar-refractivity contribution is 0.429. The van der Waals surface area contributed by atoms with E-state index in [0.29, 0.717) is 13.1 Å². The summed E-state index contributed by atoms with van der Waals surface area (Å²) in [7, 11) is -3.59. The molecule has 2 N–H and O–H groups in total. The van der Waals surface area contributed by atoms with E-state index in [9.17, 15) is 8.42 Å². The van der Waals surface area contributed by atoms with E-state index < -0.39 is 10.0 Å². The first-order chi connectivity index (χ1) is 8.96. The van der Waals surface area contributed by atoms with Gasteiger partial charge in [0.05, 0.1) is 10.5 Å². The Bertz CT molecular complexity index is 605. The minimum absolute atomic E-state index is 0.0218. The smallest absolute Gasteiger partial charge is 0.244 e. The molecular formula is C13H17N3O2S. The van der Waals surface area contributed by atoms with E-state index in [-0.39, 0.29) is 22.4 Å². The van der Waals surface area contributed by atoms with Crippen LogP contribution in [-0.2, 0) is 10.0 Å². The number of nitriles is 1. The van der Waals surface area contributed by atoms with Gasteiger partial charge >= 0.3 is 0 Å². The SMILES string of the molecule is CC(N)C1CCN(S(=O)(=O)c2ccccc2C#N)C1. The number of nitrogens with two attached hydrogens (primary N) is 1. The molecule has 6 heteroatoms. The first-order valence-electron chi connectivity index (χ1n) is 6.21. The van der Waals surface area contributed by atoms with Gasteiger partial charge in [-0.05, 0) is 31.4 Å². The number of benzene rings is 1. The Labute approximate surface area is 113 Å². The monoisotopic (exact) mass is 279 g/mol. The number of hydrogen-bond acceptors (Lipinski definition) is 4. The van der Waals surface area contributed by atoms with Crippen molar-refractivity contribution >= 4 is 10.0 Å². The van der Waals surface area contributed by atoms with Gasteiger partial charge in [0, 0.05) is 19.1 Å². The highest BCUT2D eigenvalue weighted by molar-refractivity contribution is 7.89. The Hall–Kier alpha value is -1.42. The molecular weight excluding hydrogens is 262 g/mol. The third kappa shape index (κ3) is 2.63. The fourth-order valence-corrected chi connectivity index (χ4v) is 3.98. The van der Waals surface area contributed by atoms with Gasteiger partial charge in [0.2, 0.25) is 10.0 Å². The second-order valence-electron chi connectivity index (χ2n) is 4.88. The number of nitrogens with zero attached hydrogens (tertiary/aromatic N) is 2. The van der Waals surface area contributed by atoms with Crippen molar-refractivity contribution in [2.45, 2.75) is 24.3 Å². The first kappa shape index (κ1) is 14.0. The molecule has 0 spiro atoms. The molecule has 0 aromatic heterocycles. The summed E-state index contributed by atoms with van der Waals surface area (Å²) in [6, 6.07) is 8.20. The van der Waals surface area contributed by atoms with Crippen LogP contribution in [0.2, 0.25) is 0 Å². The van der Waals surface area contributed by atoms with E-state index in [1.807, 2.05) is 13.0 Å². The lowest BCUT2D eigenvalue weighted by Crippen LogP contribution is -2.33. The van der Waals surface area contributed by atoms with Crippen LogP contribution in [0.5, 0.6) is 0 Å². The molecule has 0 radical (unpaired) electrons. The van der Waals surface area contributed by atoms with Gasteiger partial charge in [0.25, 0.3) is 0 Å². The van der Waals surface area contributed by atoms with Gasteiger partial charge in [-0.2, -0.15) is 9.57 Å². The fraction of sp³-hybridized carbons (Fsp3) is 0.462. The predicted molar refractivity (Wildman–Crippen MR) is 71.7 cm³/mol. The zero-order valence-corrected chi connectivity index (χ0v) is 11.6. The maximum absolute atomic E-state index is 12.5. The number of rotatable bonds is 3. The van der Waals surface area contributed by atoms with E-state index in [1.54, 1.807) is 12.1 Å². The van der Waals surface area contributed by atoms with Crippen LogP contribution in [0.25, 0.3) is 0 Å². The predicted octanol–water partition coefficient (Wildman–Crippen LogP) is 0.916. The van der Waals surface area contributed by atoms with Gasteiger partial charge in [-0.15, -0.1) is 0 Å². The maximum Gasteiger partial charge on any atom is 0.244 e. The highest BCUT2D eigenvalue weighted by Gasteiger charge is 2.34. The quantitative estimate of drug-likeness (QED) is 0.891. The van der Waals surface area contributed by atoms with Crippen LogP contribution < -0.4 is 5.73 Å².